The summed E-state index contributed by atoms with van der Waals surface area (Å²) in [6.07, 6.45) is 2.23. The molecule has 2 nitrogen and oxygen atoms in total. The maximum Gasteiger partial charge on any atom is 0.119 e. The molecule has 2 aliphatic carbocycles. The van der Waals surface area contributed by atoms with Crippen molar-refractivity contribution in [3.8, 4) is 11.5 Å². The molecular formula is C24H30O2. The third-order valence-corrected chi connectivity index (χ3v) is 6.68. The van der Waals surface area contributed by atoms with Crippen molar-refractivity contribution in [1.82, 2.24) is 0 Å². The molecule has 0 saturated heterocycles. The van der Waals surface area contributed by atoms with Crippen molar-refractivity contribution >= 4 is 0 Å². The normalized spacial score (nSPS) is 24.8. The van der Waals surface area contributed by atoms with Crippen molar-refractivity contribution in [2.24, 2.45) is 10.8 Å². The standard InChI is InChI=1S/C24H30O2/c1-23(2)13-15-11-17(25-5)7-9-19(15)21(23)22-20-10-8-18(26-6)12-16(20)14-24(22,3)4/h7-12,21-22H,13-14H2,1-6H3/t21-,22-/m0/s1. The van der Waals surface area contributed by atoms with Crippen LogP contribution in [0.15, 0.2) is 36.4 Å². The van der Waals surface area contributed by atoms with Crippen molar-refractivity contribution in [3.05, 3.63) is 58.7 Å². The molecule has 2 atom stereocenters. The highest BCUT2D eigenvalue weighted by Gasteiger charge is 2.51. The SMILES string of the molecule is COc1ccc2c(c1)CC(C)(C)[C@@H]2[C@@H]1c2ccc(OC)cc2CC1(C)C. The Morgan fingerprint density at radius 2 is 1.08 bits per heavy atom. The second-order valence-corrected chi connectivity index (χ2v) is 9.42. The van der Waals surface area contributed by atoms with Gasteiger partial charge in [-0.2, -0.15) is 0 Å². The van der Waals surface area contributed by atoms with Gasteiger partial charge in [0.25, 0.3) is 0 Å². The van der Waals surface area contributed by atoms with E-state index >= 15 is 0 Å². The first-order valence-electron chi connectivity index (χ1n) is 9.60. The third kappa shape index (κ3) is 2.53. The first-order chi connectivity index (χ1) is 12.3. The predicted octanol–water partition coefficient (Wildman–Crippen LogP) is 5.74. The summed E-state index contributed by atoms with van der Waals surface area (Å²) in [5, 5.41) is 0. The van der Waals surface area contributed by atoms with E-state index in [-0.39, 0.29) is 10.8 Å². The van der Waals surface area contributed by atoms with Gasteiger partial charge in [0, 0.05) is 0 Å². The molecule has 2 aliphatic rings. The molecule has 26 heavy (non-hydrogen) atoms. The summed E-state index contributed by atoms with van der Waals surface area (Å²) < 4.78 is 11.0. The number of hydrogen-bond acceptors (Lipinski definition) is 2. The molecule has 0 heterocycles. The van der Waals surface area contributed by atoms with Gasteiger partial charge in [-0.3, -0.25) is 0 Å². The molecule has 2 aromatic carbocycles. The van der Waals surface area contributed by atoms with E-state index in [0.717, 1.165) is 24.3 Å². The molecular weight excluding hydrogens is 320 g/mol. The second-order valence-electron chi connectivity index (χ2n) is 9.42. The smallest absolute Gasteiger partial charge is 0.119 e. The van der Waals surface area contributed by atoms with Crippen molar-refractivity contribution in [2.75, 3.05) is 14.2 Å². The van der Waals surface area contributed by atoms with E-state index in [1.807, 2.05) is 0 Å². The summed E-state index contributed by atoms with van der Waals surface area (Å²) in [7, 11) is 3.51. The van der Waals surface area contributed by atoms with Crippen LogP contribution in [0.2, 0.25) is 0 Å². The van der Waals surface area contributed by atoms with E-state index in [0.29, 0.717) is 11.8 Å². The maximum absolute atomic E-state index is 5.48. The molecule has 0 amide bonds. The van der Waals surface area contributed by atoms with E-state index < -0.39 is 0 Å². The van der Waals surface area contributed by atoms with Gasteiger partial charge in [-0.25, -0.2) is 0 Å². The third-order valence-electron chi connectivity index (χ3n) is 6.68. The molecule has 2 aromatic rings. The van der Waals surface area contributed by atoms with Crippen LogP contribution in [0.3, 0.4) is 0 Å². The monoisotopic (exact) mass is 350 g/mol. The fourth-order valence-electron chi connectivity index (χ4n) is 5.64. The molecule has 0 unspecified atom stereocenters. The van der Waals surface area contributed by atoms with Crippen LogP contribution in [-0.4, -0.2) is 14.2 Å². The Kier molecular flexibility index (Phi) is 3.87. The summed E-state index contributed by atoms with van der Waals surface area (Å²) in [6.45, 7) is 9.73. The lowest BCUT2D eigenvalue weighted by molar-refractivity contribution is 0.188. The van der Waals surface area contributed by atoms with Crippen LogP contribution >= 0.6 is 0 Å². The lowest BCUT2D eigenvalue weighted by Crippen LogP contribution is -2.30. The minimum absolute atomic E-state index is 0.234. The molecule has 0 spiro atoms. The van der Waals surface area contributed by atoms with E-state index in [1.165, 1.54) is 22.3 Å². The topological polar surface area (TPSA) is 18.5 Å². The number of benzene rings is 2. The van der Waals surface area contributed by atoms with Gasteiger partial charge in [0.2, 0.25) is 0 Å². The Hall–Kier alpha value is -1.96. The minimum Gasteiger partial charge on any atom is -0.497 e. The zero-order valence-corrected chi connectivity index (χ0v) is 16.8. The number of fused-ring (bicyclic) bond motifs is 2. The lowest BCUT2D eigenvalue weighted by Gasteiger charge is -2.40. The van der Waals surface area contributed by atoms with Gasteiger partial charge in [0.15, 0.2) is 0 Å². The fourth-order valence-corrected chi connectivity index (χ4v) is 5.64. The van der Waals surface area contributed by atoms with Crippen LogP contribution in [0.4, 0.5) is 0 Å². The summed E-state index contributed by atoms with van der Waals surface area (Å²) in [5.41, 5.74) is 6.40. The van der Waals surface area contributed by atoms with Crippen molar-refractivity contribution in [3.63, 3.8) is 0 Å². The van der Waals surface area contributed by atoms with Crippen LogP contribution in [0.5, 0.6) is 11.5 Å². The van der Waals surface area contributed by atoms with Crippen LogP contribution in [-0.2, 0) is 12.8 Å². The summed E-state index contributed by atoms with van der Waals surface area (Å²) in [6, 6.07) is 13.4. The van der Waals surface area contributed by atoms with Gasteiger partial charge in [-0.1, -0.05) is 39.8 Å². The first kappa shape index (κ1) is 17.5. The van der Waals surface area contributed by atoms with Gasteiger partial charge in [-0.15, -0.1) is 0 Å². The molecule has 138 valence electrons. The number of hydrogen-bond donors (Lipinski definition) is 0. The van der Waals surface area contributed by atoms with Crippen molar-refractivity contribution in [2.45, 2.75) is 52.4 Å². The Morgan fingerprint density at radius 3 is 1.42 bits per heavy atom. The molecule has 0 N–H and O–H groups in total. The van der Waals surface area contributed by atoms with Gasteiger partial charge in [0.05, 0.1) is 14.2 Å². The maximum atomic E-state index is 5.48. The number of methoxy groups -OCH3 is 2. The minimum atomic E-state index is 0.234. The van der Waals surface area contributed by atoms with E-state index in [4.69, 9.17) is 9.47 Å². The Morgan fingerprint density at radius 1 is 0.692 bits per heavy atom. The highest BCUT2D eigenvalue weighted by molar-refractivity contribution is 5.50. The Bertz CT molecular complexity index is 776. The summed E-state index contributed by atoms with van der Waals surface area (Å²) in [4.78, 5) is 0. The number of rotatable bonds is 3. The fraction of sp³-hybridized carbons (Fsp3) is 0.500. The molecule has 0 aromatic heterocycles. The van der Waals surface area contributed by atoms with Crippen LogP contribution in [0.1, 0.15) is 61.8 Å². The highest BCUT2D eigenvalue weighted by Crippen LogP contribution is 2.62. The van der Waals surface area contributed by atoms with E-state index in [1.54, 1.807) is 14.2 Å². The van der Waals surface area contributed by atoms with E-state index in [2.05, 4.69) is 64.1 Å². The lowest BCUT2D eigenvalue weighted by atomic mass is 9.63. The molecule has 0 fully saturated rings. The highest BCUT2D eigenvalue weighted by atomic mass is 16.5. The predicted molar refractivity (Wildman–Crippen MR) is 106 cm³/mol. The van der Waals surface area contributed by atoms with Crippen molar-refractivity contribution in [1.29, 1.82) is 0 Å². The average molecular weight is 351 g/mol. The Labute approximate surface area is 157 Å². The molecule has 0 aliphatic heterocycles. The van der Waals surface area contributed by atoms with E-state index in [9.17, 15) is 0 Å². The summed E-state index contributed by atoms with van der Waals surface area (Å²) in [5.74, 6) is 2.98. The van der Waals surface area contributed by atoms with Crippen LogP contribution in [0, 0.1) is 10.8 Å². The number of ether oxygens (including phenoxy) is 2. The zero-order valence-electron chi connectivity index (χ0n) is 16.8. The second kappa shape index (κ2) is 5.77. The first-order valence-corrected chi connectivity index (χ1v) is 9.60. The van der Waals surface area contributed by atoms with Gasteiger partial charge in [0.1, 0.15) is 11.5 Å². The van der Waals surface area contributed by atoms with Crippen LogP contribution < -0.4 is 9.47 Å². The molecule has 2 heteroatoms. The zero-order chi connectivity index (χ0) is 18.7. The van der Waals surface area contributed by atoms with Crippen molar-refractivity contribution < 1.29 is 9.47 Å². The molecule has 0 bridgehead atoms. The summed E-state index contributed by atoms with van der Waals surface area (Å²) >= 11 is 0. The molecule has 0 saturated carbocycles. The largest absolute Gasteiger partial charge is 0.497 e. The average Bonchev–Trinajstić information content (AvgIpc) is 2.99. The molecule has 0 radical (unpaired) electrons. The van der Waals surface area contributed by atoms with Crippen LogP contribution in [0.25, 0.3) is 0 Å². The molecule has 4 rings (SSSR count). The quantitative estimate of drug-likeness (QED) is 0.703. The van der Waals surface area contributed by atoms with Gasteiger partial charge >= 0.3 is 0 Å². The van der Waals surface area contributed by atoms with Gasteiger partial charge < -0.3 is 9.47 Å². The Balaban J connectivity index is 1.85. The van der Waals surface area contributed by atoms with Gasteiger partial charge in [-0.05, 0) is 82.0 Å².